The van der Waals surface area contributed by atoms with Gasteiger partial charge < -0.3 is 5.32 Å². The Kier molecular flexibility index (Phi) is 5.77. The van der Waals surface area contributed by atoms with Crippen LogP contribution in [0.5, 0.6) is 0 Å². The Balaban J connectivity index is 1.49. The van der Waals surface area contributed by atoms with E-state index in [1.54, 1.807) is 16.1 Å². The summed E-state index contributed by atoms with van der Waals surface area (Å²) in [5, 5.41) is 7.94. The number of carbonyl (C=O) groups excluding carboxylic acids is 1. The molecule has 174 valence electrons. The Morgan fingerprint density at radius 1 is 1.15 bits per heavy atom. The van der Waals surface area contributed by atoms with Crippen molar-refractivity contribution in [3.05, 3.63) is 81.6 Å². The molecule has 4 aromatic rings. The first-order chi connectivity index (χ1) is 16.4. The Bertz CT molecular complexity index is 1440. The predicted octanol–water partition coefficient (Wildman–Crippen LogP) is 3.73. The largest absolute Gasteiger partial charge is 0.351 e. The van der Waals surface area contributed by atoms with Crippen molar-refractivity contribution in [3.63, 3.8) is 0 Å². The number of rotatable bonds is 6. The van der Waals surface area contributed by atoms with Crippen molar-refractivity contribution >= 4 is 23.4 Å². The Morgan fingerprint density at radius 3 is 2.65 bits per heavy atom. The van der Waals surface area contributed by atoms with Crippen LogP contribution in [-0.2, 0) is 30.2 Å². The van der Waals surface area contributed by atoms with E-state index in [1.807, 2.05) is 48.5 Å². The lowest BCUT2D eigenvalue weighted by atomic mass is 9.69. The molecule has 1 atom stereocenters. The summed E-state index contributed by atoms with van der Waals surface area (Å²) in [7, 11) is 1.78. The lowest BCUT2D eigenvalue weighted by Crippen LogP contribution is -2.38. The maximum atomic E-state index is 13.9. The number of aryl methyl sites for hydroxylation is 1. The highest BCUT2D eigenvalue weighted by molar-refractivity contribution is 7.99. The number of benzene rings is 2. The van der Waals surface area contributed by atoms with E-state index in [2.05, 4.69) is 30.3 Å². The van der Waals surface area contributed by atoms with Gasteiger partial charge in [-0.05, 0) is 24.0 Å². The summed E-state index contributed by atoms with van der Waals surface area (Å²) in [6.45, 7) is 4.71. The first-order valence-corrected chi connectivity index (χ1v) is 12.4. The van der Waals surface area contributed by atoms with Crippen LogP contribution in [0.15, 0.2) is 64.5 Å². The number of amides is 1. The molecule has 1 amide bonds. The fraction of sp³-hybridized carbons (Fsp3) is 0.308. The summed E-state index contributed by atoms with van der Waals surface area (Å²) in [4.78, 5) is 31.3. The molecule has 1 aliphatic rings. The van der Waals surface area contributed by atoms with Crippen molar-refractivity contribution in [2.75, 3.05) is 5.75 Å². The van der Waals surface area contributed by atoms with E-state index in [0.717, 1.165) is 35.2 Å². The standard InChI is InChI=1S/C26H27N5O2S/c1-4-26(2)14-18-12-8-9-13-19(18)22-21(26)23(33)31-24(28-22)30(3)29-25(31)34-16-20(32)27-15-17-10-6-5-7-11-17/h5-13H,4,14-16H2,1-3H3,(H,27,32)/t26-/m0/s1. The zero-order valence-corrected chi connectivity index (χ0v) is 20.4. The van der Waals surface area contributed by atoms with E-state index in [0.29, 0.717) is 17.5 Å². The molecule has 2 heterocycles. The van der Waals surface area contributed by atoms with E-state index < -0.39 is 0 Å². The monoisotopic (exact) mass is 473 g/mol. The van der Waals surface area contributed by atoms with Gasteiger partial charge in [-0.25, -0.2) is 14.1 Å². The highest BCUT2D eigenvalue weighted by atomic mass is 32.2. The number of nitrogens with one attached hydrogen (secondary N) is 1. The molecule has 8 heteroatoms. The van der Waals surface area contributed by atoms with Gasteiger partial charge in [-0.3, -0.25) is 9.59 Å². The highest BCUT2D eigenvalue weighted by Crippen LogP contribution is 2.42. The maximum Gasteiger partial charge on any atom is 0.265 e. The molecule has 2 aromatic carbocycles. The van der Waals surface area contributed by atoms with E-state index >= 15 is 0 Å². The lowest BCUT2D eigenvalue weighted by molar-refractivity contribution is -0.118. The number of carbonyl (C=O) groups is 1. The highest BCUT2D eigenvalue weighted by Gasteiger charge is 2.38. The van der Waals surface area contributed by atoms with Crippen LogP contribution in [0.25, 0.3) is 17.0 Å². The van der Waals surface area contributed by atoms with Gasteiger partial charge in [0.15, 0.2) is 5.16 Å². The molecule has 0 saturated heterocycles. The number of fused-ring (bicyclic) bond motifs is 4. The molecule has 0 bridgehead atoms. The van der Waals surface area contributed by atoms with Crippen LogP contribution in [0, 0.1) is 0 Å². The van der Waals surface area contributed by atoms with Crippen LogP contribution in [0.1, 0.15) is 37.0 Å². The molecular weight excluding hydrogens is 446 g/mol. The third-order valence-electron chi connectivity index (χ3n) is 6.68. The molecule has 2 aromatic heterocycles. The van der Waals surface area contributed by atoms with Gasteiger partial charge >= 0.3 is 0 Å². The van der Waals surface area contributed by atoms with Crippen molar-refractivity contribution < 1.29 is 4.79 Å². The van der Waals surface area contributed by atoms with Crippen LogP contribution in [0.4, 0.5) is 0 Å². The first-order valence-electron chi connectivity index (χ1n) is 11.4. The number of nitrogens with zero attached hydrogens (tertiary/aromatic N) is 4. The molecule has 0 radical (unpaired) electrons. The third-order valence-corrected chi connectivity index (χ3v) is 7.61. The minimum absolute atomic E-state index is 0.0980. The molecular formula is C26H27N5O2S. The fourth-order valence-electron chi connectivity index (χ4n) is 4.64. The molecule has 1 N–H and O–H groups in total. The van der Waals surface area contributed by atoms with Crippen molar-refractivity contribution in [1.29, 1.82) is 0 Å². The normalized spacial score (nSPS) is 16.8. The smallest absolute Gasteiger partial charge is 0.265 e. The molecule has 0 spiro atoms. The Hall–Kier alpha value is -3.39. The maximum absolute atomic E-state index is 13.9. The number of hydrogen-bond donors (Lipinski definition) is 1. The van der Waals surface area contributed by atoms with E-state index in [-0.39, 0.29) is 22.6 Å². The SMILES string of the molecule is CC[C@@]1(C)Cc2ccccc2-c2nc3n(C)nc(SCC(=O)NCc4ccccc4)n3c(=O)c21. The number of thioether (sulfide) groups is 1. The van der Waals surface area contributed by atoms with Crippen LogP contribution < -0.4 is 10.9 Å². The second-order valence-electron chi connectivity index (χ2n) is 8.98. The predicted molar refractivity (Wildman–Crippen MR) is 134 cm³/mol. The zero-order valence-electron chi connectivity index (χ0n) is 19.5. The zero-order chi connectivity index (χ0) is 23.9. The minimum atomic E-state index is -0.320. The third kappa shape index (κ3) is 3.81. The van der Waals surface area contributed by atoms with Gasteiger partial charge in [0.2, 0.25) is 11.7 Å². The lowest BCUT2D eigenvalue weighted by Gasteiger charge is -2.34. The summed E-state index contributed by atoms with van der Waals surface area (Å²) >= 11 is 1.25. The summed E-state index contributed by atoms with van der Waals surface area (Å²) in [5.74, 6) is 0.529. The molecule has 0 fully saturated rings. The van der Waals surface area contributed by atoms with Crippen LogP contribution >= 0.6 is 11.8 Å². The van der Waals surface area contributed by atoms with Crippen molar-refractivity contribution in [3.8, 4) is 11.3 Å². The number of aromatic nitrogens is 4. The van der Waals surface area contributed by atoms with Crippen molar-refractivity contribution in [2.45, 2.75) is 43.8 Å². The van der Waals surface area contributed by atoms with Crippen molar-refractivity contribution in [2.24, 2.45) is 7.05 Å². The topological polar surface area (TPSA) is 81.3 Å². The molecule has 0 aliphatic heterocycles. The van der Waals surface area contributed by atoms with Gasteiger partial charge in [-0.15, -0.1) is 5.10 Å². The second-order valence-corrected chi connectivity index (χ2v) is 9.92. The average Bonchev–Trinajstić information content (AvgIpc) is 3.17. The molecule has 34 heavy (non-hydrogen) atoms. The molecule has 1 aliphatic carbocycles. The van der Waals surface area contributed by atoms with Gasteiger partial charge in [0.25, 0.3) is 5.56 Å². The van der Waals surface area contributed by atoms with Gasteiger partial charge in [-0.1, -0.05) is 80.2 Å². The minimum Gasteiger partial charge on any atom is -0.351 e. The molecule has 0 saturated carbocycles. The summed E-state index contributed by atoms with van der Waals surface area (Å²) in [5.41, 5.74) is 4.32. The second kappa shape index (κ2) is 8.76. The van der Waals surface area contributed by atoms with Gasteiger partial charge in [0.1, 0.15) is 0 Å². The van der Waals surface area contributed by atoms with Gasteiger partial charge in [0, 0.05) is 24.6 Å². The quantitative estimate of drug-likeness (QED) is 0.432. The summed E-state index contributed by atoms with van der Waals surface area (Å²) in [6, 6.07) is 17.9. The molecule has 5 rings (SSSR count). The summed E-state index contributed by atoms with van der Waals surface area (Å²) in [6.07, 6.45) is 1.61. The van der Waals surface area contributed by atoms with Crippen LogP contribution in [0.3, 0.4) is 0 Å². The van der Waals surface area contributed by atoms with Gasteiger partial charge in [-0.2, -0.15) is 0 Å². The molecule has 0 unspecified atom stereocenters. The first kappa shape index (κ1) is 22.4. The van der Waals surface area contributed by atoms with E-state index in [9.17, 15) is 9.59 Å². The van der Waals surface area contributed by atoms with Gasteiger partial charge in [0.05, 0.1) is 17.0 Å². The summed E-state index contributed by atoms with van der Waals surface area (Å²) < 4.78 is 3.18. The Morgan fingerprint density at radius 2 is 1.88 bits per heavy atom. The van der Waals surface area contributed by atoms with Crippen LogP contribution in [0.2, 0.25) is 0 Å². The fourth-order valence-corrected chi connectivity index (χ4v) is 5.48. The Labute approximate surface area is 202 Å². The number of hydrogen-bond acceptors (Lipinski definition) is 5. The van der Waals surface area contributed by atoms with Crippen LogP contribution in [-0.4, -0.2) is 30.8 Å². The van der Waals surface area contributed by atoms with Crippen molar-refractivity contribution in [1.82, 2.24) is 24.5 Å². The average molecular weight is 474 g/mol. The van der Waals surface area contributed by atoms with E-state index in [4.69, 9.17) is 4.98 Å². The van der Waals surface area contributed by atoms with E-state index in [1.165, 1.54) is 17.3 Å². The molecule has 7 nitrogen and oxygen atoms in total.